The van der Waals surface area contributed by atoms with Crippen molar-refractivity contribution in [2.45, 2.75) is 61.2 Å². The highest BCUT2D eigenvalue weighted by molar-refractivity contribution is 6.83. The third-order valence-corrected chi connectivity index (χ3v) is 4.17. The van der Waals surface area contributed by atoms with Gasteiger partial charge in [-0.2, -0.15) is 0 Å². The minimum absolute atomic E-state index is 0.163. The topological polar surface area (TPSA) is 0 Å². The van der Waals surface area contributed by atoms with Crippen LogP contribution in [0.25, 0.3) is 0 Å². The van der Waals surface area contributed by atoms with Gasteiger partial charge in [-0.1, -0.05) is 79.3 Å². The summed E-state index contributed by atoms with van der Waals surface area (Å²) in [7, 11) is -1.30. The van der Waals surface area contributed by atoms with Gasteiger partial charge in [-0.15, -0.1) is 5.54 Å². The second kappa shape index (κ2) is 5.41. The van der Waals surface area contributed by atoms with E-state index in [-0.39, 0.29) is 10.8 Å². The molecule has 0 amide bonds. The van der Waals surface area contributed by atoms with Crippen LogP contribution >= 0.6 is 0 Å². The van der Waals surface area contributed by atoms with Crippen LogP contribution in [0.5, 0.6) is 0 Å². The lowest BCUT2D eigenvalue weighted by Gasteiger charge is -2.22. The summed E-state index contributed by atoms with van der Waals surface area (Å²) in [6.07, 6.45) is 6.80. The Kier molecular flexibility index (Phi) is 4.61. The van der Waals surface area contributed by atoms with Crippen molar-refractivity contribution in [3.05, 3.63) is 34.9 Å². The van der Waals surface area contributed by atoms with Crippen LogP contribution in [0.1, 0.15) is 41.5 Å². The highest BCUT2D eigenvalue weighted by atomic mass is 28.3. The van der Waals surface area contributed by atoms with E-state index in [1.807, 2.05) is 0 Å². The molecule has 0 nitrogen and oxygen atoms in total. The van der Waals surface area contributed by atoms with E-state index in [1.54, 1.807) is 0 Å². The van der Waals surface area contributed by atoms with Gasteiger partial charge in [0, 0.05) is 0 Å². The molecule has 0 aromatic carbocycles. The number of hydrogen-bond acceptors (Lipinski definition) is 0. The number of hydrogen-bond donors (Lipinski definition) is 0. The summed E-state index contributed by atoms with van der Waals surface area (Å²) in [6, 6.07) is 0. The maximum absolute atomic E-state index is 3.43. The summed E-state index contributed by atoms with van der Waals surface area (Å²) >= 11 is 0. The van der Waals surface area contributed by atoms with E-state index in [0.29, 0.717) is 0 Å². The van der Waals surface area contributed by atoms with Crippen LogP contribution in [0.15, 0.2) is 34.9 Å². The Balaban J connectivity index is 3.23. The Morgan fingerprint density at radius 1 is 0.900 bits per heavy atom. The lowest BCUT2D eigenvalue weighted by atomic mass is 9.82. The first-order valence-corrected chi connectivity index (χ1v) is 11.0. The molecule has 1 heteroatoms. The van der Waals surface area contributed by atoms with E-state index < -0.39 is 8.07 Å². The van der Waals surface area contributed by atoms with Crippen molar-refractivity contribution in [2.24, 2.45) is 10.8 Å². The Hall–Kier alpha value is -1.00. The number of rotatable bonds is 0. The predicted octanol–water partition coefficient (Wildman–Crippen LogP) is 5.75. The highest BCUT2D eigenvalue weighted by Gasteiger charge is 2.27. The molecule has 0 fully saturated rings. The third-order valence-electron chi connectivity index (χ3n) is 3.27. The second-order valence-electron chi connectivity index (χ2n) is 8.78. The van der Waals surface area contributed by atoms with Gasteiger partial charge < -0.3 is 0 Å². The molecule has 0 bridgehead atoms. The average molecular weight is 287 g/mol. The zero-order chi connectivity index (χ0) is 15.8. The first-order chi connectivity index (χ1) is 8.81. The smallest absolute Gasteiger partial charge is 0.127 e. The average Bonchev–Trinajstić information content (AvgIpc) is 2.58. The van der Waals surface area contributed by atoms with Crippen molar-refractivity contribution < 1.29 is 0 Å². The van der Waals surface area contributed by atoms with Gasteiger partial charge in [0.1, 0.15) is 8.07 Å². The number of allylic oxidation sites excluding steroid dienone is 6. The zero-order valence-electron chi connectivity index (χ0n) is 14.7. The first-order valence-electron chi connectivity index (χ1n) is 7.48. The van der Waals surface area contributed by atoms with Gasteiger partial charge in [0.25, 0.3) is 0 Å². The fraction of sp³-hybridized carbons (Fsp3) is 0.579. The zero-order valence-corrected chi connectivity index (χ0v) is 15.7. The molecular weight excluding hydrogens is 256 g/mol. The minimum atomic E-state index is -1.30. The summed E-state index contributed by atoms with van der Waals surface area (Å²) in [5.74, 6) is 3.31. The molecule has 0 N–H and O–H groups in total. The summed E-state index contributed by atoms with van der Waals surface area (Å²) in [5, 5.41) is 0. The molecular formula is C19H30Si. The van der Waals surface area contributed by atoms with Gasteiger partial charge in [0.15, 0.2) is 0 Å². The second-order valence-corrected chi connectivity index (χ2v) is 13.5. The van der Waals surface area contributed by atoms with Crippen molar-refractivity contribution in [3.8, 4) is 11.5 Å². The van der Waals surface area contributed by atoms with E-state index in [1.165, 1.54) is 16.7 Å². The molecule has 0 heterocycles. The highest BCUT2D eigenvalue weighted by Crippen LogP contribution is 2.42. The van der Waals surface area contributed by atoms with Gasteiger partial charge in [-0.3, -0.25) is 0 Å². The van der Waals surface area contributed by atoms with Crippen LogP contribution in [-0.2, 0) is 0 Å². The summed E-state index contributed by atoms with van der Waals surface area (Å²) < 4.78 is 0. The van der Waals surface area contributed by atoms with Crippen molar-refractivity contribution >= 4 is 8.07 Å². The Labute approximate surface area is 127 Å². The maximum Gasteiger partial charge on any atom is 0.129 e. The minimum Gasteiger partial charge on any atom is -0.127 e. The van der Waals surface area contributed by atoms with Crippen molar-refractivity contribution in [3.63, 3.8) is 0 Å². The Morgan fingerprint density at radius 3 is 1.85 bits per heavy atom. The molecule has 1 aliphatic rings. The Bertz CT molecular complexity index is 524. The summed E-state index contributed by atoms with van der Waals surface area (Å²) in [6.45, 7) is 20.5. The molecule has 0 unspecified atom stereocenters. The maximum atomic E-state index is 3.43. The molecule has 0 spiro atoms. The van der Waals surface area contributed by atoms with Crippen LogP contribution in [0.2, 0.25) is 19.6 Å². The van der Waals surface area contributed by atoms with Gasteiger partial charge in [-0.25, -0.2) is 0 Å². The third kappa shape index (κ3) is 4.83. The fourth-order valence-electron chi connectivity index (χ4n) is 2.06. The largest absolute Gasteiger partial charge is 0.129 e. The molecule has 0 atom stereocenters. The predicted molar refractivity (Wildman–Crippen MR) is 94.3 cm³/mol. The molecule has 1 rings (SSSR count). The van der Waals surface area contributed by atoms with Crippen LogP contribution in [0, 0.1) is 22.3 Å². The quantitative estimate of drug-likeness (QED) is 0.393. The molecule has 0 radical (unpaired) electrons. The van der Waals surface area contributed by atoms with E-state index in [2.05, 4.69) is 90.9 Å². The van der Waals surface area contributed by atoms with Crippen molar-refractivity contribution in [2.75, 3.05) is 0 Å². The van der Waals surface area contributed by atoms with Crippen LogP contribution in [0.3, 0.4) is 0 Å². The molecule has 0 aromatic rings. The van der Waals surface area contributed by atoms with Crippen molar-refractivity contribution in [1.29, 1.82) is 0 Å². The normalized spacial score (nSPS) is 18.6. The molecule has 1 aliphatic carbocycles. The first kappa shape index (κ1) is 17.0. The van der Waals surface area contributed by atoms with E-state index in [4.69, 9.17) is 0 Å². The lowest BCUT2D eigenvalue weighted by Crippen LogP contribution is -2.16. The monoisotopic (exact) mass is 286 g/mol. The molecule has 110 valence electrons. The van der Waals surface area contributed by atoms with Gasteiger partial charge in [0.2, 0.25) is 0 Å². The van der Waals surface area contributed by atoms with E-state index >= 15 is 0 Å². The van der Waals surface area contributed by atoms with Gasteiger partial charge >= 0.3 is 0 Å². The molecule has 0 saturated carbocycles. The Morgan fingerprint density at radius 2 is 1.45 bits per heavy atom. The van der Waals surface area contributed by atoms with Crippen LogP contribution in [-0.4, -0.2) is 8.07 Å². The molecule has 0 saturated heterocycles. The van der Waals surface area contributed by atoms with Crippen LogP contribution in [0.4, 0.5) is 0 Å². The lowest BCUT2D eigenvalue weighted by molar-refractivity contribution is 0.504. The summed E-state index contributed by atoms with van der Waals surface area (Å²) in [5.41, 5.74) is 7.90. The van der Waals surface area contributed by atoms with Gasteiger partial charge in [0.05, 0.1) is 0 Å². The van der Waals surface area contributed by atoms with Gasteiger partial charge in [-0.05, 0) is 33.6 Å². The molecule has 0 aromatic heterocycles. The SMILES string of the molecule is CC(C)(C)C1=C/C(=C\C#C[Si](C)(C)C)C(C(C)(C)C)=C1. The van der Waals surface area contributed by atoms with E-state index in [9.17, 15) is 0 Å². The van der Waals surface area contributed by atoms with E-state index in [0.717, 1.165) is 0 Å². The molecule has 0 aliphatic heterocycles. The van der Waals surface area contributed by atoms with Crippen molar-refractivity contribution in [1.82, 2.24) is 0 Å². The summed E-state index contributed by atoms with van der Waals surface area (Å²) in [4.78, 5) is 0. The van der Waals surface area contributed by atoms with Crippen LogP contribution < -0.4 is 0 Å². The molecule has 20 heavy (non-hydrogen) atoms. The fourth-order valence-corrected chi connectivity index (χ4v) is 2.56. The standard InChI is InChI=1S/C19H30Si/c1-18(2,3)16-13-15(11-10-12-20(7,8)9)17(14-16)19(4,5)6/h11,13-14H,1-9H3/b15-11+.